The van der Waals surface area contributed by atoms with Crippen molar-refractivity contribution in [2.75, 3.05) is 0 Å². The van der Waals surface area contributed by atoms with Gasteiger partial charge in [0.25, 0.3) is 0 Å². The van der Waals surface area contributed by atoms with Crippen molar-refractivity contribution in [2.24, 2.45) is 17.3 Å². The van der Waals surface area contributed by atoms with Gasteiger partial charge in [0.2, 0.25) is 0 Å². The van der Waals surface area contributed by atoms with Gasteiger partial charge in [-0.3, -0.25) is 4.79 Å². The van der Waals surface area contributed by atoms with Gasteiger partial charge in [-0.25, -0.2) is 0 Å². The highest BCUT2D eigenvalue weighted by molar-refractivity contribution is 5.66. The van der Waals surface area contributed by atoms with Crippen LogP contribution < -0.4 is 0 Å². The molecule has 0 aliphatic heterocycles. The Labute approximate surface area is 244 Å². The van der Waals surface area contributed by atoms with Crippen LogP contribution in [0.3, 0.4) is 0 Å². The van der Waals surface area contributed by atoms with Gasteiger partial charge < -0.3 is 15.3 Å². The second-order valence-electron chi connectivity index (χ2n) is 13.2. The van der Waals surface area contributed by atoms with E-state index in [2.05, 4.69) is 32.1 Å². The monoisotopic (exact) mass is 554 g/mol. The fourth-order valence-electron chi connectivity index (χ4n) is 7.89. The number of aliphatic hydroxyl groups excluding tert-OH is 1. The summed E-state index contributed by atoms with van der Waals surface area (Å²) in [4.78, 5) is 10.3. The van der Waals surface area contributed by atoms with Crippen LogP contribution in [0.15, 0.2) is 30.4 Å². The van der Waals surface area contributed by atoms with Crippen LogP contribution in [0.25, 0.3) is 0 Å². The predicted octanol–water partition coefficient (Wildman–Crippen LogP) is 9.72. The van der Waals surface area contributed by atoms with E-state index in [-0.39, 0.29) is 11.5 Å². The van der Waals surface area contributed by atoms with Crippen molar-refractivity contribution in [3.05, 3.63) is 41.5 Å². The molecular weight excluding hydrogens is 496 g/mol. The molecule has 0 spiro atoms. The number of phenols is 1. The molecule has 4 heteroatoms. The van der Waals surface area contributed by atoms with Crippen molar-refractivity contribution in [1.29, 1.82) is 0 Å². The number of unbranched alkanes of at least 4 members (excludes halogenated alkanes) is 11. The maximum Gasteiger partial charge on any atom is 0.303 e. The van der Waals surface area contributed by atoms with Crippen molar-refractivity contribution in [3.8, 4) is 5.75 Å². The number of carboxylic acids is 1. The zero-order valence-corrected chi connectivity index (χ0v) is 25.6. The van der Waals surface area contributed by atoms with E-state index in [0.717, 1.165) is 38.0 Å². The number of rotatable bonds is 15. The average molecular weight is 555 g/mol. The lowest BCUT2D eigenvalue weighted by molar-refractivity contribution is -0.137. The fourth-order valence-corrected chi connectivity index (χ4v) is 7.89. The van der Waals surface area contributed by atoms with Crippen LogP contribution in [-0.4, -0.2) is 27.4 Å². The predicted molar refractivity (Wildman–Crippen MR) is 166 cm³/mol. The molecule has 0 amide bonds. The Bertz CT molecular complexity index is 908. The minimum Gasteiger partial charge on any atom is -0.508 e. The number of aliphatic hydroxyl groups is 1. The number of aliphatic carboxylic acids is 1. The molecular formula is C36H58O4. The third-order valence-electron chi connectivity index (χ3n) is 10.3. The quantitative estimate of drug-likeness (QED) is 0.149. The van der Waals surface area contributed by atoms with Gasteiger partial charge in [0.15, 0.2) is 0 Å². The summed E-state index contributed by atoms with van der Waals surface area (Å²) in [6.07, 6.45) is 28.0. The second kappa shape index (κ2) is 17.2. The van der Waals surface area contributed by atoms with Crippen molar-refractivity contribution >= 4 is 5.97 Å². The van der Waals surface area contributed by atoms with E-state index < -0.39 is 5.97 Å². The van der Waals surface area contributed by atoms with Crippen LogP contribution in [0.5, 0.6) is 5.75 Å². The molecule has 0 heterocycles. The highest BCUT2D eigenvalue weighted by atomic mass is 16.4. The highest BCUT2D eigenvalue weighted by Gasteiger charge is 2.54. The topological polar surface area (TPSA) is 77.8 Å². The van der Waals surface area contributed by atoms with Crippen molar-refractivity contribution in [2.45, 2.75) is 154 Å². The molecule has 5 atom stereocenters. The van der Waals surface area contributed by atoms with Gasteiger partial charge in [0.05, 0.1) is 6.10 Å². The maximum atomic E-state index is 10.4. The third kappa shape index (κ3) is 9.64. The van der Waals surface area contributed by atoms with Gasteiger partial charge in [-0.05, 0) is 117 Å². The molecule has 1 aromatic rings. The fraction of sp³-hybridized carbons (Fsp3) is 0.750. The molecule has 1 aromatic carbocycles. The number of hydrogen-bond acceptors (Lipinski definition) is 3. The molecule has 2 saturated carbocycles. The minimum atomic E-state index is -0.664. The number of hydrogen-bond donors (Lipinski definition) is 3. The number of carboxylic acid groups (broad SMARTS) is 1. The molecule has 0 saturated heterocycles. The number of benzene rings is 1. The zero-order valence-electron chi connectivity index (χ0n) is 25.6. The number of carbonyl (C=O) groups is 1. The molecule has 3 aliphatic rings. The zero-order chi connectivity index (χ0) is 28.8. The van der Waals surface area contributed by atoms with Gasteiger partial charge in [0.1, 0.15) is 5.75 Å². The van der Waals surface area contributed by atoms with Gasteiger partial charge in [-0.1, -0.05) is 83.4 Å². The summed E-state index contributed by atoms with van der Waals surface area (Å²) < 4.78 is 0. The van der Waals surface area contributed by atoms with Crippen molar-refractivity contribution in [1.82, 2.24) is 0 Å². The van der Waals surface area contributed by atoms with E-state index in [9.17, 15) is 15.0 Å². The van der Waals surface area contributed by atoms with Crippen LogP contribution in [0.4, 0.5) is 0 Å². The van der Waals surface area contributed by atoms with E-state index in [0.29, 0.717) is 24.0 Å². The molecule has 2 fully saturated rings. The Morgan fingerprint density at radius 3 is 2.23 bits per heavy atom. The van der Waals surface area contributed by atoms with E-state index in [1.807, 2.05) is 12.1 Å². The molecule has 0 aromatic heterocycles. The molecule has 3 aliphatic carbocycles. The van der Waals surface area contributed by atoms with Crippen LogP contribution in [0.2, 0.25) is 0 Å². The first-order valence-electron chi connectivity index (χ1n) is 16.7. The summed E-state index contributed by atoms with van der Waals surface area (Å²) in [5.74, 6) is 1.82. The normalized spacial score (nSPS) is 27.0. The van der Waals surface area contributed by atoms with Crippen LogP contribution in [0.1, 0.15) is 153 Å². The molecule has 0 unspecified atom stereocenters. The first-order valence-corrected chi connectivity index (χ1v) is 16.7. The number of fused-ring (bicyclic) bond motifs is 5. The smallest absolute Gasteiger partial charge is 0.303 e. The van der Waals surface area contributed by atoms with Crippen molar-refractivity contribution < 1.29 is 20.1 Å². The number of allylic oxidation sites excluding steroid dienone is 2. The van der Waals surface area contributed by atoms with Crippen LogP contribution in [0, 0.1) is 17.3 Å². The molecule has 0 bridgehead atoms. The van der Waals surface area contributed by atoms with Gasteiger partial charge in [0, 0.05) is 6.42 Å². The van der Waals surface area contributed by atoms with Gasteiger partial charge >= 0.3 is 5.97 Å². The first-order chi connectivity index (χ1) is 19.4. The molecule has 40 heavy (non-hydrogen) atoms. The lowest BCUT2D eigenvalue weighted by Gasteiger charge is -2.50. The SMILES string of the molecule is CCCCCCCC/C=C\CCCCCCCC(=O)O.C[C@]12CC[C@@H]3c4ccc(O)cc4CC[C@H]3[C@@H]1CC[C@@H]2O. The Hall–Kier alpha value is -1.81. The lowest BCUT2D eigenvalue weighted by Crippen LogP contribution is -2.43. The second-order valence-corrected chi connectivity index (χ2v) is 13.2. The Morgan fingerprint density at radius 2 is 1.55 bits per heavy atom. The molecule has 3 N–H and O–H groups in total. The Morgan fingerprint density at radius 1 is 0.900 bits per heavy atom. The number of phenolic OH excluding ortho intramolecular Hbond substituents is 1. The lowest BCUT2D eigenvalue weighted by atomic mass is 9.55. The number of aryl methyl sites for hydroxylation is 1. The maximum absolute atomic E-state index is 10.4. The summed E-state index contributed by atoms with van der Waals surface area (Å²) in [7, 11) is 0. The molecule has 4 rings (SSSR count). The largest absolute Gasteiger partial charge is 0.508 e. The van der Waals surface area contributed by atoms with Gasteiger partial charge in [-0.15, -0.1) is 0 Å². The summed E-state index contributed by atoms with van der Waals surface area (Å²) in [5, 5.41) is 28.6. The van der Waals surface area contributed by atoms with Crippen LogP contribution >= 0.6 is 0 Å². The summed E-state index contributed by atoms with van der Waals surface area (Å²) in [6, 6.07) is 5.96. The minimum absolute atomic E-state index is 0.0883. The van der Waals surface area contributed by atoms with Crippen LogP contribution in [-0.2, 0) is 11.2 Å². The molecule has 226 valence electrons. The highest BCUT2D eigenvalue weighted by Crippen LogP contribution is 2.60. The third-order valence-corrected chi connectivity index (χ3v) is 10.3. The summed E-state index contributed by atoms with van der Waals surface area (Å²) in [5.41, 5.74) is 2.99. The van der Waals surface area contributed by atoms with E-state index in [1.54, 1.807) is 0 Å². The summed E-state index contributed by atoms with van der Waals surface area (Å²) in [6.45, 7) is 4.58. The van der Waals surface area contributed by atoms with E-state index in [1.165, 1.54) is 101 Å². The van der Waals surface area contributed by atoms with E-state index >= 15 is 0 Å². The molecule has 4 nitrogen and oxygen atoms in total. The average Bonchev–Trinajstić information content (AvgIpc) is 3.25. The summed E-state index contributed by atoms with van der Waals surface area (Å²) >= 11 is 0. The van der Waals surface area contributed by atoms with E-state index in [4.69, 9.17) is 5.11 Å². The Kier molecular flexibility index (Phi) is 14.1. The first kappa shape index (κ1) is 32.7. The van der Waals surface area contributed by atoms with Crippen molar-refractivity contribution in [3.63, 3.8) is 0 Å². The molecule has 0 radical (unpaired) electrons. The standard InChI is InChI=1S/C18H24O2.C18H34O2/c1-18-9-8-14-13-5-3-12(19)10-11(13)2-4-15(14)16(18)6-7-17(18)20;1-2-3-4-5-6-7-8-9-10-11-12-13-14-15-16-17-18(19)20/h3,5,10,14-17,19-20H,2,4,6-9H2,1H3;9-10H,2-8,11-17H2,1H3,(H,19,20)/b;10-9-/t14-,15-,16+,17+,18+;/m1./s1. The Balaban J connectivity index is 0.000000220. The number of aromatic hydroxyl groups is 1. The van der Waals surface area contributed by atoms with Gasteiger partial charge in [-0.2, -0.15) is 0 Å².